The molecule has 0 unspecified atom stereocenters. The SMILES string of the molecule is C/C=C(\C(=O)O)c1ccc(Cl)cc1F. The van der Waals surface area contributed by atoms with E-state index in [-0.39, 0.29) is 16.2 Å². The summed E-state index contributed by atoms with van der Waals surface area (Å²) in [4.78, 5) is 10.7. The van der Waals surface area contributed by atoms with Gasteiger partial charge in [-0.3, -0.25) is 0 Å². The Hall–Kier alpha value is -1.35. The maximum Gasteiger partial charge on any atom is 0.336 e. The Balaban J connectivity index is 3.25. The minimum absolute atomic E-state index is 0.0457. The number of carboxylic acid groups (broad SMARTS) is 1. The van der Waals surface area contributed by atoms with Gasteiger partial charge in [0.05, 0.1) is 5.57 Å². The number of rotatable bonds is 2. The molecule has 0 fully saturated rings. The minimum Gasteiger partial charge on any atom is -0.478 e. The summed E-state index contributed by atoms with van der Waals surface area (Å²) in [6.07, 6.45) is 1.34. The highest BCUT2D eigenvalue weighted by Gasteiger charge is 2.13. The predicted octanol–water partition coefficient (Wildman–Crippen LogP) is 2.97. The first-order valence-corrected chi connectivity index (χ1v) is 4.29. The van der Waals surface area contributed by atoms with Crippen molar-refractivity contribution in [3.63, 3.8) is 0 Å². The zero-order chi connectivity index (χ0) is 10.7. The number of hydrogen-bond donors (Lipinski definition) is 1. The molecule has 0 aliphatic carbocycles. The molecule has 0 bridgehead atoms. The molecule has 14 heavy (non-hydrogen) atoms. The lowest BCUT2D eigenvalue weighted by Crippen LogP contribution is -2.01. The van der Waals surface area contributed by atoms with Crippen molar-refractivity contribution in [2.75, 3.05) is 0 Å². The summed E-state index contributed by atoms with van der Waals surface area (Å²) in [5.74, 6) is -1.79. The first-order valence-electron chi connectivity index (χ1n) is 3.91. The third kappa shape index (κ3) is 2.12. The zero-order valence-electron chi connectivity index (χ0n) is 7.42. The zero-order valence-corrected chi connectivity index (χ0v) is 8.18. The van der Waals surface area contributed by atoms with Crippen LogP contribution < -0.4 is 0 Å². The highest BCUT2D eigenvalue weighted by molar-refractivity contribution is 6.30. The van der Waals surface area contributed by atoms with Crippen LogP contribution in [-0.2, 0) is 4.79 Å². The fraction of sp³-hybridized carbons (Fsp3) is 0.100. The highest BCUT2D eigenvalue weighted by atomic mass is 35.5. The van der Waals surface area contributed by atoms with Crippen LogP contribution in [0.4, 0.5) is 4.39 Å². The van der Waals surface area contributed by atoms with Gasteiger partial charge in [0.2, 0.25) is 0 Å². The third-order valence-corrected chi connectivity index (χ3v) is 1.98. The van der Waals surface area contributed by atoms with Gasteiger partial charge in [0.1, 0.15) is 5.82 Å². The molecule has 0 spiro atoms. The van der Waals surface area contributed by atoms with E-state index in [1.54, 1.807) is 0 Å². The predicted molar refractivity (Wildman–Crippen MR) is 52.7 cm³/mol. The lowest BCUT2D eigenvalue weighted by molar-refractivity contribution is -0.130. The average molecular weight is 215 g/mol. The number of carbonyl (C=O) groups is 1. The maximum atomic E-state index is 13.3. The minimum atomic E-state index is -1.16. The number of benzene rings is 1. The molecule has 1 aromatic rings. The normalized spacial score (nSPS) is 11.5. The largest absolute Gasteiger partial charge is 0.478 e. The van der Waals surface area contributed by atoms with Crippen LogP contribution in [-0.4, -0.2) is 11.1 Å². The molecule has 74 valence electrons. The van der Waals surface area contributed by atoms with Gasteiger partial charge in [-0.15, -0.1) is 0 Å². The number of allylic oxidation sites excluding steroid dienone is 1. The van der Waals surface area contributed by atoms with Crippen molar-refractivity contribution < 1.29 is 14.3 Å². The van der Waals surface area contributed by atoms with Gasteiger partial charge in [-0.05, 0) is 25.1 Å². The van der Waals surface area contributed by atoms with E-state index in [1.807, 2.05) is 0 Å². The summed E-state index contributed by atoms with van der Waals surface area (Å²) in [7, 11) is 0. The second kappa shape index (κ2) is 4.24. The molecule has 0 saturated heterocycles. The van der Waals surface area contributed by atoms with E-state index in [0.29, 0.717) is 0 Å². The van der Waals surface area contributed by atoms with Crippen molar-refractivity contribution in [3.05, 3.63) is 40.7 Å². The molecule has 0 heterocycles. The summed E-state index contributed by atoms with van der Waals surface area (Å²) in [5, 5.41) is 9.00. The number of halogens is 2. The topological polar surface area (TPSA) is 37.3 Å². The molecular weight excluding hydrogens is 207 g/mol. The van der Waals surface area contributed by atoms with Crippen molar-refractivity contribution in [3.8, 4) is 0 Å². The van der Waals surface area contributed by atoms with Crippen LogP contribution in [0.5, 0.6) is 0 Å². The number of carboxylic acids is 1. The molecule has 0 radical (unpaired) electrons. The van der Waals surface area contributed by atoms with Gasteiger partial charge in [-0.25, -0.2) is 9.18 Å². The van der Waals surface area contributed by atoms with Crippen LogP contribution >= 0.6 is 11.6 Å². The Bertz CT molecular complexity index is 399. The first kappa shape index (κ1) is 10.7. The third-order valence-electron chi connectivity index (χ3n) is 1.74. The van der Waals surface area contributed by atoms with Crippen LogP contribution in [0, 0.1) is 5.82 Å². The molecule has 0 atom stereocenters. The summed E-state index contributed by atoms with van der Waals surface area (Å²) in [6.45, 7) is 1.54. The molecule has 0 aliphatic heterocycles. The molecule has 2 nitrogen and oxygen atoms in total. The Morgan fingerprint density at radius 1 is 1.57 bits per heavy atom. The van der Waals surface area contributed by atoms with Crippen molar-refractivity contribution in [2.24, 2.45) is 0 Å². The molecular formula is C10H8ClFO2. The van der Waals surface area contributed by atoms with Gasteiger partial charge in [-0.1, -0.05) is 17.7 Å². The van der Waals surface area contributed by atoms with E-state index < -0.39 is 11.8 Å². The number of hydrogen-bond acceptors (Lipinski definition) is 1. The number of aliphatic carboxylic acids is 1. The van der Waals surface area contributed by atoms with Crippen LogP contribution in [0.25, 0.3) is 5.57 Å². The van der Waals surface area contributed by atoms with E-state index in [9.17, 15) is 9.18 Å². The first-order chi connectivity index (χ1) is 6.56. The van der Waals surface area contributed by atoms with Gasteiger partial charge in [0.25, 0.3) is 0 Å². The quantitative estimate of drug-likeness (QED) is 0.769. The van der Waals surface area contributed by atoms with E-state index in [1.165, 1.54) is 25.1 Å². The van der Waals surface area contributed by atoms with Crippen LogP contribution in [0.3, 0.4) is 0 Å². The summed E-state index contributed by atoms with van der Waals surface area (Å²) >= 11 is 5.54. The van der Waals surface area contributed by atoms with E-state index in [2.05, 4.69) is 0 Å². The molecule has 0 saturated carbocycles. The van der Waals surface area contributed by atoms with E-state index in [4.69, 9.17) is 16.7 Å². The standard InChI is InChI=1S/C10H8ClFO2/c1-2-7(10(13)14)8-4-3-6(11)5-9(8)12/h2-5H,1H3,(H,13,14)/b7-2-. The molecule has 0 aliphatic rings. The molecule has 4 heteroatoms. The van der Waals surface area contributed by atoms with Gasteiger partial charge in [-0.2, -0.15) is 0 Å². The second-order valence-electron chi connectivity index (χ2n) is 2.63. The van der Waals surface area contributed by atoms with Gasteiger partial charge < -0.3 is 5.11 Å². The van der Waals surface area contributed by atoms with Gasteiger partial charge in [0, 0.05) is 10.6 Å². The molecule has 1 aromatic carbocycles. The summed E-state index contributed by atoms with van der Waals surface area (Å²) < 4.78 is 13.3. The monoisotopic (exact) mass is 214 g/mol. The Labute approximate surface area is 85.6 Å². The maximum absolute atomic E-state index is 13.3. The lowest BCUT2D eigenvalue weighted by atomic mass is 10.1. The molecule has 0 amide bonds. The fourth-order valence-electron chi connectivity index (χ4n) is 1.10. The Kier molecular flexibility index (Phi) is 3.25. The summed E-state index contributed by atoms with van der Waals surface area (Å²) in [6, 6.07) is 3.89. The van der Waals surface area contributed by atoms with Crippen molar-refractivity contribution in [1.29, 1.82) is 0 Å². The summed E-state index contributed by atoms with van der Waals surface area (Å²) in [5.41, 5.74) is -0.0245. The Morgan fingerprint density at radius 2 is 2.21 bits per heavy atom. The smallest absolute Gasteiger partial charge is 0.336 e. The van der Waals surface area contributed by atoms with E-state index in [0.717, 1.165) is 6.07 Å². The average Bonchev–Trinajstić information content (AvgIpc) is 2.09. The van der Waals surface area contributed by atoms with Crippen molar-refractivity contribution in [1.82, 2.24) is 0 Å². The van der Waals surface area contributed by atoms with Crippen molar-refractivity contribution >= 4 is 23.1 Å². The van der Waals surface area contributed by atoms with Crippen molar-refractivity contribution in [2.45, 2.75) is 6.92 Å². The van der Waals surface area contributed by atoms with Crippen LogP contribution in [0.15, 0.2) is 24.3 Å². The molecule has 1 rings (SSSR count). The van der Waals surface area contributed by atoms with Crippen LogP contribution in [0.1, 0.15) is 12.5 Å². The van der Waals surface area contributed by atoms with Gasteiger partial charge >= 0.3 is 5.97 Å². The van der Waals surface area contributed by atoms with Gasteiger partial charge in [0.15, 0.2) is 0 Å². The fourth-order valence-corrected chi connectivity index (χ4v) is 1.26. The molecule has 0 aromatic heterocycles. The molecule has 1 N–H and O–H groups in total. The Morgan fingerprint density at radius 3 is 2.64 bits per heavy atom. The lowest BCUT2D eigenvalue weighted by Gasteiger charge is -2.03. The van der Waals surface area contributed by atoms with E-state index >= 15 is 0 Å². The highest BCUT2D eigenvalue weighted by Crippen LogP contribution is 2.21. The second-order valence-corrected chi connectivity index (χ2v) is 3.07. The van der Waals surface area contributed by atoms with Crippen LogP contribution in [0.2, 0.25) is 5.02 Å².